The monoisotopic (exact) mass is 418 g/mol. The number of nitrogens with zero attached hydrogens (tertiary/aromatic N) is 2. The maximum absolute atomic E-state index is 12.6. The number of rotatable bonds is 6. The number of nitriles is 1. The molecule has 1 aromatic heterocycles. The number of fused-ring (bicyclic) bond motifs is 1. The molecule has 2 aromatic rings. The number of methoxy groups -OCH3 is 1. The van der Waals surface area contributed by atoms with E-state index in [1.807, 2.05) is 19.9 Å². The molecule has 7 nitrogen and oxygen atoms in total. The number of primary amides is 1. The molecule has 1 aromatic carbocycles. The summed E-state index contributed by atoms with van der Waals surface area (Å²) in [5.74, 6) is 0.474. The number of hydrogen-bond donors (Lipinski definition) is 2. The molecule has 2 aliphatic rings. The first-order valence-corrected chi connectivity index (χ1v) is 10.4. The lowest BCUT2D eigenvalue weighted by atomic mass is 9.79. The first-order valence-electron chi connectivity index (χ1n) is 10.4. The van der Waals surface area contributed by atoms with Crippen molar-refractivity contribution in [1.82, 2.24) is 4.98 Å². The Morgan fingerprint density at radius 3 is 2.74 bits per heavy atom. The van der Waals surface area contributed by atoms with Gasteiger partial charge in [0.25, 0.3) is 0 Å². The molecule has 1 saturated carbocycles. The first kappa shape index (κ1) is 20.7. The van der Waals surface area contributed by atoms with E-state index in [9.17, 15) is 10.1 Å². The third kappa shape index (κ3) is 3.70. The number of pyridine rings is 1. The third-order valence-electron chi connectivity index (χ3n) is 6.18. The fourth-order valence-electron chi connectivity index (χ4n) is 4.29. The molecule has 1 atom stereocenters. The smallest absolute Gasteiger partial charge is 0.247 e. The summed E-state index contributed by atoms with van der Waals surface area (Å²) in [5.41, 5.74) is 10.7. The first-order chi connectivity index (χ1) is 14.9. The highest BCUT2D eigenvalue weighted by Gasteiger charge is 2.37. The molecule has 160 valence electrons. The zero-order valence-corrected chi connectivity index (χ0v) is 18.0. The van der Waals surface area contributed by atoms with Gasteiger partial charge in [-0.1, -0.05) is 12.5 Å². The second-order valence-corrected chi connectivity index (χ2v) is 8.17. The molecule has 3 N–H and O–H groups in total. The molecule has 0 saturated heterocycles. The Balaban J connectivity index is 1.91. The van der Waals surface area contributed by atoms with E-state index >= 15 is 0 Å². The Kier molecular flexibility index (Phi) is 5.55. The highest BCUT2D eigenvalue weighted by atomic mass is 16.5. The van der Waals surface area contributed by atoms with Crippen molar-refractivity contribution < 1.29 is 14.3 Å². The number of carbonyl (C=O) groups excluding carboxylic acids is 1. The van der Waals surface area contributed by atoms with Gasteiger partial charge in [-0.15, -0.1) is 0 Å². The summed E-state index contributed by atoms with van der Waals surface area (Å²) >= 11 is 0. The van der Waals surface area contributed by atoms with Crippen LogP contribution >= 0.6 is 0 Å². The van der Waals surface area contributed by atoms with Crippen molar-refractivity contribution in [3.8, 4) is 17.7 Å². The molecule has 0 bridgehead atoms. The third-order valence-corrected chi connectivity index (χ3v) is 6.18. The quantitative estimate of drug-likeness (QED) is 0.739. The van der Waals surface area contributed by atoms with Crippen LogP contribution in [-0.4, -0.2) is 24.6 Å². The highest BCUT2D eigenvalue weighted by Crippen LogP contribution is 2.49. The maximum Gasteiger partial charge on any atom is 0.247 e. The number of amides is 1. The molecule has 1 aliphatic heterocycles. The van der Waals surface area contributed by atoms with Crippen LogP contribution in [-0.2, 0) is 4.79 Å². The van der Waals surface area contributed by atoms with Crippen LogP contribution in [0.25, 0.3) is 0 Å². The van der Waals surface area contributed by atoms with Crippen molar-refractivity contribution in [2.24, 2.45) is 11.7 Å². The van der Waals surface area contributed by atoms with Gasteiger partial charge >= 0.3 is 0 Å². The number of hydrogen-bond acceptors (Lipinski definition) is 6. The van der Waals surface area contributed by atoms with Gasteiger partial charge in [0.15, 0.2) is 0 Å². The van der Waals surface area contributed by atoms with E-state index in [0.717, 1.165) is 35.2 Å². The fraction of sp³-hybridized carbons (Fsp3) is 0.375. The van der Waals surface area contributed by atoms with Gasteiger partial charge in [0, 0.05) is 23.0 Å². The minimum absolute atomic E-state index is 0.427. The second kappa shape index (κ2) is 8.31. The minimum atomic E-state index is -0.529. The standard InChI is InChI=1S/C24H26N4O3/c1-13-11-27-24(31-12-15-5-4-6-15)21-20(19(23(26)29)14(2)28-22(13)21)17-8-7-16(10-25)9-18(17)30-3/h7-9,11,15,20,28H,4-6,12H2,1-3H3,(H2,26,29)/t20-/m1/s1. The van der Waals surface area contributed by atoms with Crippen molar-refractivity contribution in [1.29, 1.82) is 5.26 Å². The van der Waals surface area contributed by atoms with Gasteiger partial charge in [-0.25, -0.2) is 4.98 Å². The van der Waals surface area contributed by atoms with E-state index in [4.69, 9.17) is 15.2 Å². The molecule has 2 heterocycles. The van der Waals surface area contributed by atoms with Crippen molar-refractivity contribution in [3.63, 3.8) is 0 Å². The van der Waals surface area contributed by atoms with Crippen LogP contribution in [0.4, 0.5) is 5.69 Å². The lowest BCUT2D eigenvalue weighted by Gasteiger charge is -2.33. The predicted octanol–water partition coefficient (Wildman–Crippen LogP) is 3.77. The Morgan fingerprint density at radius 1 is 1.35 bits per heavy atom. The molecule has 0 radical (unpaired) electrons. The summed E-state index contributed by atoms with van der Waals surface area (Å²) in [4.78, 5) is 17.1. The summed E-state index contributed by atoms with van der Waals surface area (Å²) in [6, 6.07) is 7.32. The van der Waals surface area contributed by atoms with Crippen LogP contribution in [0, 0.1) is 24.2 Å². The lowest BCUT2D eigenvalue weighted by molar-refractivity contribution is -0.114. The number of ether oxygens (including phenoxy) is 2. The van der Waals surface area contributed by atoms with Gasteiger partial charge in [-0.2, -0.15) is 5.26 Å². The van der Waals surface area contributed by atoms with E-state index in [2.05, 4.69) is 16.4 Å². The molecule has 4 rings (SSSR count). The van der Waals surface area contributed by atoms with E-state index in [0.29, 0.717) is 41.0 Å². The molecule has 1 aliphatic carbocycles. The Hall–Kier alpha value is -3.53. The van der Waals surface area contributed by atoms with E-state index in [1.54, 1.807) is 25.4 Å². The molecule has 1 fully saturated rings. The number of allylic oxidation sites excluding steroid dienone is 1. The number of nitrogens with two attached hydrogens (primary N) is 1. The van der Waals surface area contributed by atoms with Gasteiger partial charge in [-0.05, 0) is 50.3 Å². The number of benzene rings is 1. The van der Waals surface area contributed by atoms with Gasteiger partial charge in [0.1, 0.15) is 5.75 Å². The van der Waals surface area contributed by atoms with E-state index < -0.39 is 11.8 Å². The highest BCUT2D eigenvalue weighted by molar-refractivity contribution is 5.98. The van der Waals surface area contributed by atoms with Crippen LogP contribution < -0.4 is 20.5 Å². The van der Waals surface area contributed by atoms with Crippen molar-refractivity contribution in [3.05, 3.63) is 57.9 Å². The zero-order chi connectivity index (χ0) is 22.1. The van der Waals surface area contributed by atoms with Gasteiger partial charge in [0.05, 0.1) is 42.5 Å². The van der Waals surface area contributed by atoms with Gasteiger partial charge in [-0.3, -0.25) is 4.79 Å². The molecule has 1 amide bonds. The average molecular weight is 418 g/mol. The fourth-order valence-corrected chi connectivity index (χ4v) is 4.29. The van der Waals surface area contributed by atoms with Crippen LogP contribution in [0.2, 0.25) is 0 Å². The number of aryl methyl sites for hydroxylation is 1. The minimum Gasteiger partial charge on any atom is -0.496 e. The summed E-state index contributed by atoms with van der Waals surface area (Å²) in [5, 5.41) is 12.6. The topological polar surface area (TPSA) is 110 Å². The summed E-state index contributed by atoms with van der Waals surface area (Å²) in [6.45, 7) is 4.39. The number of nitrogens with one attached hydrogen (secondary N) is 1. The van der Waals surface area contributed by atoms with Crippen LogP contribution in [0.3, 0.4) is 0 Å². The predicted molar refractivity (Wildman–Crippen MR) is 117 cm³/mol. The molecule has 0 unspecified atom stereocenters. The van der Waals surface area contributed by atoms with Crippen LogP contribution in [0.1, 0.15) is 54.4 Å². The summed E-state index contributed by atoms with van der Waals surface area (Å²) < 4.78 is 11.8. The van der Waals surface area contributed by atoms with E-state index in [1.165, 1.54) is 6.42 Å². The second-order valence-electron chi connectivity index (χ2n) is 8.17. The van der Waals surface area contributed by atoms with Gasteiger partial charge < -0.3 is 20.5 Å². The normalized spacial score (nSPS) is 17.8. The molecular formula is C24H26N4O3. The number of anilines is 1. The van der Waals surface area contributed by atoms with E-state index in [-0.39, 0.29) is 0 Å². The Bertz CT molecular complexity index is 1110. The van der Waals surface area contributed by atoms with Crippen molar-refractivity contribution >= 4 is 11.6 Å². The van der Waals surface area contributed by atoms with Gasteiger partial charge in [0.2, 0.25) is 11.8 Å². The van der Waals surface area contributed by atoms with Crippen molar-refractivity contribution in [2.45, 2.75) is 39.0 Å². The van der Waals surface area contributed by atoms with Crippen molar-refractivity contribution in [2.75, 3.05) is 19.0 Å². The maximum atomic E-state index is 12.6. The van der Waals surface area contributed by atoms with Crippen LogP contribution in [0.5, 0.6) is 11.6 Å². The average Bonchev–Trinajstić information content (AvgIpc) is 2.72. The largest absolute Gasteiger partial charge is 0.496 e. The Morgan fingerprint density at radius 2 is 2.13 bits per heavy atom. The molecule has 0 spiro atoms. The lowest BCUT2D eigenvalue weighted by Crippen LogP contribution is -2.29. The zero-order valence-electron chi connectivity index (χ0n) is 18.0. The summed E-state index contributed by atoms with van der Waals surface area (Å²) in [6.07, 6.45) is 5.32. The van der Waals surface area contributed by atoms with Crippen LogP contribution in [0.15, 0.2) is 35.7 Å². The molecule has 31 heavy (non-hydrogen) atoms. The number of aromatic nitrogens is 1. The molecular weight excluding hydrogens is 392 g/mol. The summed E-state index contributed by atoms with van der Waals surface area (Å²) in [7, 11) is 1.55. The number of carbonyl (C=O) groups is 1. The molecule has 7 heteroatoms. The Labute approximate surface area is 181 Å². The SMILES string of the molecule is COc1cc(C#N)ccc1[C@@H]1C(C(N)=O)=C(C)Nc2c(C)cnc(OCC3CCC3)c21.